The Morgan fingerprint density at radius 1 is 0.561 bits per heavy atom. The molecule has 2 aliphatic rings. The van der Waals surface area contributed by atoms with Crippen molar-refractivity contribution in [1.82, 2.24) is 19.8 Å². The van der Waals surface area contributed by atoms with Gasteiger partial charge in [0.25, 0.3) is 0 Å². The normalized spacial score (nSPS) is 18.3. The number of nitrogens with zero attached hydrogens (tertiary/aromatic N) is 2. The molecule has 0 saturated heterocycles. The maximum Gasteiger partial charge on any atom is 0.145 e. The first-order valence-electron chi connectivity index (χ1n) is 19.9. The maximum atomic E-state index is 6.87. The van der Waals surface area contributed by atoms with Gasteiger partial charge in [0.05, 0.1) is 27.5 Å². The predicted octanol–water partition coefficient (Wildman–Crippen LogP) is 12.5. The van der Waals surface area contributed by atoms with Crippen LogP contribution >= 0.6 is 0 Å². The molecule has 0 radical (unpaired) electrons. The molecule has 10 aromatic rings. The topological polar surface area (TPSA) is 47.1 Å². The van der Waals surface area contributed by atoms with Crippen LogP contribution in [0.1, 0.15) is 23.7 Å². The van der Waals surface area contributed by atoms with Gasteiger partial charge in [-0.3, -0.25) is 5.32 Å². The summed E-state index contributed by atoms with van der Waals surface area (Å²) in [5.74, 6) is 0.365. The molecule has 3 atom stereocenters. The molecule has 0 fully saturated rings. The molecule has 12 rings (SSSR count). The standard InChI is InChI=1S/C52H38N4O/c1-4-15-33(16-5-1)42-32-43(34-17-6-2-7-18-34)54-52(53-42)35-19-14-22-37(31-35)55-45-29-27-40-38-23-10-12-25-44(38)56(36-20-8-3-9-21-36)50(40)48(45)49-46(55)30-28-41-39-24-11-13-26-47(39)57-51(41)49/h1-17,19-32,34,43,52-54H,18H2. The second-order valence-electron chi connectivity index (χ2n) is 15.3. The van der Waals surface area contributed by atoms with Crippen LogP contribution in [-0.4, -0.2) is 15.2 Å². The van der Waals surface area contributed by atoms with Crippen LogP contribution in [0.5, 0.6) is 0 Å². The Morgan fingerprint density at radius 2 is 1.30 bits per heavy atom. The first-order valence-corrected chi connectivity index (χ1v) is 19.9. The minimum atomic E-state index is -0.100. The van der Waals surface area contributed by atoms with E-state index in [0.29, 0.717) is 5.92 Å². The van der Waals surface area contributed by atoms with Crippen LogP contribution in [0.4, 0.5) is 0 Å². The summed E-state index contributed by atoms with van der Waals surface area (Å²) >= 11 is 0. The molecule has 0 amide bonds. The number of allylic oxidation sites excluding steroid dienone is 3. The highest BCUT2D eigenvalue weighted by Gasteiger charge is 2.29. The van der Waals surface area contributed by atoms with Crippen LogP contribution in [0.3, 0.4) is 0 Å². The summed E-state index contributed by atoms with van der Waals surface area (Å²) in [6.07, 6.45) is 12.2. The first kappa shape index (κ1) is 32.2. The van der Waals surface area contributed by atoms with Crippen LogP contribution < -0.4 is 10.6 Å². The fourth-order valence-corrected chi connectivity index (χ4v) is 9.54. The van der Waals surface area contributed by atoms with Crippen LogP contribution in [0.25, 0.3) is 82.6 Å². The van der Waals surface area contributed by atoms with Gasteiger partial charge in [-0.15, -0.1) is 0 Å². The van der Waals surface area contributed by atoms with Gasteiger partial charge >= 0.3 is 0 Å². The zero-order chi connectivity index (χ0) is 37.5. The van der Waals surface area contributed by atoms with Crippen molar-refractivity contribution in [2.24, 2.45) is 5.92 Å². The minimum absolute atomic E-state index is 0.100. The molecule has 7 aromatic carbocycles. The van der Waals surface area contributed by atoms with Gasteiger partial charge in [-0.25, -0.2) is 0 Å². The Bertz CT molecular complexity index is 3290. The monoisotopic (exact) mass is 734 g/mol. The van der Waals surface area contributed by atoms with Crippen molar-refractivity contribution >= 4 is 71.2 Å². The number of hydrogen-bond acceptors (Lipinski definition) is 3. The Balaban J connectivity index is 1.12. The number of furan rings is 1. The van der Waals surface area contributed by atoms with Crippen molar-refractivity contribution in [3.05, 3.63) is 199 Å². The van der Waals surface area contributed by atoms with E-state index >= 15 is 0 Å². The summed E-state index contributed by atoms with van der Waals surface area (Å²) in [6, 6.07) is 57.0. The number of nitrogens with one attached hydrogen (secondary N) is 2. The second-order valence-corrected chi connectivity index (χ2v) is 15.3. The molecular weight excluding hydrogens is 697 g/mol. The largest absolute Gasteiger partial charge is 0.455 e. The minimum Gasteiger partial charge on any atom is -0.455 e. The molecule has 4 heterocycles. The Kier molecular flexibility index (Phi) is 7.19. The maximum absolute atomic E-state index is 6.87. The SMILES string of the molecule is C1=CCC(C2C=C(c3ccccc3)NC(c3cccc(-n4c5ccc6c7ccccc7oc6c5c5c4ccc4c6ccccc6n(-c6ccccc6)c45)c3)N2)C=C1. The number of hydrogen-bond donors (Lipinski definition) is 2. The lowest BCUT2D eigenvalue weighted by molar-refractivity contribution is 0.377. The van der Waals surface area contributed by atoms with Gasteiger partial charge in [-0.05, 0) is 84.1 Å². The summed E-state index contributed by atoms with van der Waals surface area (Å²) in [7, 11) is 0. The molecule has 5 nitrogen and oxygen atoms in total. The summed E-state index contributed by atoms with van der Waals surface area (Å²) < 4.78 is 11.8. The number of para-hydroxylation sites is 3. The molecule has 1 aliphatic heterocycles. The molecule has 1 aliphatic carbocycles. The van der Waals surface area contributed by atoms with Crippen molar-refractivity contribution in [2.75, 3.05) is 0 Å². The number of rotatable bonds is 5. The molecule has 57 heavy (non-hydrogen) atoms. The fraction of sp³-hybridized carbons (Fsp3) is 0.0769. The molecule has 2 N–H and O–H groups in total. The van der Waals surface area contributed by atoms with Crippen molar-refractivity contribution in [2.45, 2.75) is 18.6 Å². The molecule has 0 bridgehead atoms. The average Bonchev–Trinajstić information content (AvgIpc) is 3.95. The molecule has 3 aromatic heterocycles. The average molecular weight is 735 g/mol. The van der Waals surface area contributed by atoms with E-state index in [0.717, 1.165) is 61.9 Å². The van der Waals surface area contributed by atoms with Gasteiger partial charge in [0.2, 0.25) is 0 Å². The Hall–Kier alpha value is -7.08. The van der Waals surface area contributed by atoms with Crippen molar-refractivity contribution in [1.29, 1.82) is 0 Å². The highest BCUT2D eigenvalue weighted by molar-refractivity contribution is 6.32. The van der Waals surface area contributed by atoms with Gasteiger partial charge in [-0.2, -0.15) is 0 Å². The third-order valence-corrected chi connectivity index (χ3v) is 12.1. The third kappa shape index (κ3) is 4.99. The Morgan fingerprint density at radius 3 is 2.14 bits per heavy atom. The summed E-state index contributed by atoms with van der Waals surface area (Å²) in [6.45, 7) is 0. The van der Waals surface area contributed by atoms with E-state index in [9.17, 15) is 0 Å². The lowest BCUT2D eigenvalue weighted by Crippen LogP contribution is -2.46. The second kappa shape index (κ2) is 12.7. The summed E-state index contributed by atoms with van der Waals surface area (Å²) in [4.78, 5) is 0. The molecule has 0 saturated carbocycles. The number of benzene rings is 7. The predicted molar refractivity (Wildman–Crippen MR) is 236 cm³/mol. The molecule has 3 unspecified atom stereocenters. The molecule has 272 valence electrons. The lowest BCUT2D eigenvalue weighted by atomic mass is 9.89. The fourth-order valence-electron chi connectivity index (χ4n) is 9.54. The summed E-state index contributed by atoms with van der Waals surface area (Å²) in [5, 5.41) is 14.9. The van der Waals surface area contributed by atoms with E-state index in [1.807, 2.05) is 0 Å². The van der Waals surface area contributed by atoms with Gasteiger partial charge in [0, 0.05) is 50.0 Å². The van der Waals surface area contributed by atoms with Crippen molar-refractivity contribution in [3.8, 4) is 11.4 Å². The van der Waals surface area contributed by atoms with E-state index in [2.05, 4.69) is 208 Å². The van der Waals surface area contributed by atoms with Crippen LogP contribution in [0.2, 0.25) is 0 Å². The van der Waals surface area contributed by atoms with Gasteiger partial charge in [0.15, 0.2) is 0 Å². The van der Waals surface area contributed by atoms with Gasteiger partial charge in [0.1, 0.15) is 17.3 Å². The number of aromatic nitrogens is 2. The zero-order valence-electron chi connectivity index (χ0n) is 31.1. The lowest BCUT2D eigenvalue weighted by Gasteiger charge is -2.36. The highest BCUT2D eigenvalue weighted by atomic mass is 16.3. The van der Waals surface area contributed by atoms with Crippen LogP contribution in [0, 0.1) is 5.92 Å². The van der Waals surface area contributed by atoms with Crippen LogP contribution in [0.15, 0.2) is 193 Å². The Labute approximate surface area is 329 Å². The smallest absolute Gasteiger partial charge is 0.145 e. The zero-order valence-corrected chi connectivity index (χ0v) is 31.1. The summed E-state index contributed by atoms with van der Waals surface area (Å²) in [5.41, 5.74) is 12.2. The van der Waals surface area contributed by atoms with Gasteiger partial charge in [-0.1, -0.05) is 127 Å². The van der Waals surface area contributed by atoms with E-state index < -0.39 is 0 Å². The van der Waals surface area contributed by atoms with Gasteiger partial charge < -0.3 is 18.9 Å². The molecule has 5 heteroatoms. The number of fused-ring (bicyclic) bond motifs is 11. The first-order chi connectivity index (χ1) is 28.3. The van der Waals surface area contributed by atoms with E-state index in [-0.39, 0.29) is 12.2 Å². The van der Waals surface area contributed by atoms with Crippen molar-refractivity contribution < 1.29 is 4.42 Å². The quantitative estimate of drug-likeness (QED) is 0.185. The molecule has 0 spiro atoms. The third-order valence-electron chi connectivity index (χ3n) is 12.1. The highest BCUT2D eigenvalue weighted by Crippen LogP contribution is 2.46. The van der Waals surface area contributed by atoms with Crippen LogP contribution in [-0.2, 0) is 0 Å². The van der Waals surface area contributed by atoms with Crippen molar-refractivity contribution in [3.63, 3.8) is 0 Å². The van der Waals surface area contributed by atoms with E-state index in [1.165, 1.54) is 38.3 Å². The van der Waals surface area contributed by atoms with E-state index in [1.54, 1.807) is 0 Å². The van der Waals surface area contributed by atoms with E-state index in [4.69, 9.17) is 4.42 Å². The molecular formula is C52H38N4O.